The first-order valence-corrected chi connectivity index (χ1v) is 6.24. The molecular formula is C14H23NO2. The van der Waals surface area contributed by atoms with E-state index in [2.05, 4.69) is 19.2 Å². The van der Waals surface area contributed by atoms with Crippen LogP contribution in [0.25, 0.3) is 0 Å². The average molecular weight is 237 g/mol. The molecule has 0 aliphatic rings. The van der Waals surface area contributed by atoms with Gasteiger partial charge in [-0.15, -0.1) is 0 Å². The van der Waals surface area contributed by atoms with Crippen LogP contribution in [0.3, 0.4) is 0 Å². The smallest absolute Gasteiger partial charge is 0.119 e. The molecule has 0 bridgehead atoms. The van der Waals surface area contributed by atoms with Gasteiger partial charge in [0.15, 0.2) is 0 Å². The van der Waals surface area contributed by atoms with Gasteiger partial charge in [0.25, 0.3) is 0 Å². The molecule has 0 aliphatic heterocycles. The topological polar surface area (TPSA) is 41.5 Å². The Morgan fingerprint density at radius 2 is 2.00 bits per heavy atom. The van der Waals surface area contributed by atoms with Crippen molar-refractivity contribution in [2.24, 2.45) is 0 Å². The minimum Gasteiger partial charge on any atom is -0.492 e. The van der Waals surface area contributed by atoms with Crippen LogP contribution in [0.2, 0.25) is 0 Å². The quantitative estimate of drug-likeness (QED) is 0.681. The third kappa shape index (κ3) is 5.20. The van der Waals surface area contributed by atoms with Crippen LogP contribution in [0.1, 0.15) is 26.7 Å². The van der Waals surface area contributed by atoms with Crippen molar-refractivity contribution in [3.8, 4) is 5.75 Å². The van der Waals surface area contributed by atoms with Crippen LogP contribution in [-0.2, 0) is 0 Å². The summed E-state index contributed by atoms with van der Waals surface area (Å²) in [6, 6.07) is 9.80. The highest BCUT2D eigenvalue weighted by molar-refractivity contribution is 5.20. The Morgan fingerprint density at radius 1 is 1.29 bits per heavy atom. The predicted molar refractivity (Wildman–Crippen MR) is 70.3 cm³/mol. The second-order valence-electron chi connectivity index (χ2n) is 4.48. The van der Waals surface area contributed by atoms with Crippen LogP contribution in [0.15, 0.2) is 30.3 Å². The van der Waals surface area contributed by atoms with Gasteiger partial charge in [-0.1, -0.05) is 25.1 Å². The lowest BCUT2D eigenvalue weighted by molar-refractivity contribution is 0.204. The lowest BCUT2D eigenvalue weighted by atomic mass is 9.95. The Morgan fingerprint density at radius 3 is 2.59 bits per heavy atom. The lowest BCUT2D eigenvalue weighted by Crippen LogP contribution is -2.44. The highest BCUT2D eigenvalue weighted by Gasteiger charge is 2.19. The van der Waals surface area contributed by atoms with E-state index in [1.165, 1.54) is 0 Å². The number of ether oxygens (including phenoxy) is 1. The maximum Gasteiger partial charge on any atom is 0.119 e. The van der Waals surface area contributed by atoms with Gasteiger partial charge >= 0.3 is 0 Å². The van der Waals surface area contributed by atoms with Crippen LogP contribution in [-0.4, -0.2) is 30.4 Å². The zero-order chi connectivity index (χ0) is 12.6. The summed E-state index contributed by atoms with van der Waals surface area (Å²) < 4.78 is 5.60. The molecule has 0 saturated carbocycles. The summed E-state index contributed by atoms with van der Waals surface area (Å²) in [5.74, 6) is 0.898. The standard InChI is InChI=1S/C14H23NO2/c1-3-14(2,9-11-16)15-10-12-17-13-7-5-4-6-8-13/h4-8,15-16H,3,9-12H2,1-2H3. The van der Waals surface area contributed by atoms with Gasteiger partial charge in [0.1, 0.15) is 12.4 Å². The van der Waals surface area contributed by atoms with Gasteiger partial charge < -0.3 is 15.2 Å². The summed E-state index contributed by atoms with van der Waals surface area (Å²) in [4.78, 5) is 0. The fourth-order valence-electron chi connectivity index (χ4n) is 1.68. The predicted octanol–water partition coefficient (Wildman–Crippen LogP) is 2.21. The number of nitrogens with one attached hydrogen (secondary N) is 1. The maximum atomic E-state index is 9.00. The van der Waals surface area contributed by atoms with Gasteiger partial charge in [-0.3, -0.25) is 0 Å². The maximum absolute atomic E-state index is 9.00. The van der Waals surface area contributed by atoms with Gasteiger partial charge in [0, 0.05) is 18.7 Å². The molecule has 0 aromatic heterocycles. The van der Waals surface area contributed by atoms with E-state index in [9.17, 15) is 0 Å². The van der Waals surface area contributed by atoms with E-state index in [1.807, 2.05) is 30.3 Å². The molecular weight excluding hydrogens is 214 g/mol. The van der Waals surface area contributed by atoms with Crippen molar-refractivity contribution < 1.29 is 9.84 Å². The van der Waals surface area contributed by atoms with E-state index in [4.69, 9.17) is 9.84 Å². The minimum atomic E-state index is 0.00873. The van der Waals surface area contributed by atoms with Gasteiger partial charge in [-0.05, 0) is 31.9 Å². The minimum absolute atomic E-state index is 0.00873. The van der Waals surface area contributed by atoms with Crippen molar-refractivity contribution in [2.45, 2.75) is 32.2 Å². The highest BCUT2D eigenvalue weighted by Crippen LogP contribution is 2.13. The molecule has 2 N–H and O–H groups in total. The van der Waals surface area contributed by atoms with Crippen LogP contribution in [0, 0.1) is 0 Å². The molecule has 1 unspecified atom stereocenters. The highest BCUT2D eigenvalue weighted by atomic mass is 16.5. The molecule has 3 heteroatoms. The number of para-hydroxylation sites is 1. The fraction of sp³-hybridized carbons (Fsp3) is 0.571. The summed E-state index contributed by atoms with van der Waals surface area (Å²) >= 11 is 0. The first kappa shape index (κ1) is 14.0. The third-order valence-corrected chi connectivity index (χ3v) is 3.11. The zero-order valence-electron chi connectivity index (χ0n) is 10.8. The van der Waals surface area contributed by atoms with Gasteiger partial charge in [0.2, 0.25) is 0 Å². The molecule has 1 rings (SSSR count). The Kier molecular flexibility index (Phi) is 6.01. The third-order valence-electron chi connectivity index (χ3n) is 3.11. The van der Waals surface area contributed by atoms with E-state index in [0.29, 0.717) is 6.61 Å². The SMILES string of the molecule is CCC(C)(CCO)NCCOc1ccccc1. The summed E-state index contributed by atoms with van der Waals surface area (Å²) in [5.41, 5.74) is 0.00873. The number of hydrogen-bond acceptors (Lipinski definition) is 3. The van der Waals surface area contributed by atoms with Crippen molar-refractivity contribution in [3.05, 3.63) is 30.3 Å². The number of hydrogen-bond donors (Lipinski definition) is 2. The Balaban J connectivity index is 2.23. The second-order valence-corrected chi connectivity index (χ2v) is 4.48. The van der Waals surface area contributed by atoms with E-state index >= 15 is 0 Å². The van der Waals surface area contributed by atoms with E-state index in [1.54, 1.807) is 0 Å². The normalized spacial score (nSPS) is 14.3. The molecule has 0 heterocycles. The monoisotopic (exact) mass is 237 g/mol. The number of aliphatic hydroxyl groups is 1. The largest absolute Gasteiger partial charge is 0.492 e. The molecule has 0 fully saturated rings. The van der Waals surface area contributed by atoms with Crippen LogP contribution < -0.4 is 10.1 Å². The molecule has 3 nitrogen and oxygen atoms in total. The van der Waals surface area contributed by atoms with Crippen LogP contribution in [0.4, 0.5) is 0 Å². The number of rotatable bonds is 8. The Hall–Kier alpha value is -1.06. The van der Waals surface area contributed by atoms with Crippen molar-refractivity contribution >= 4 is 0 Å². The van der Waals surface area contributed by atoms with Crippen LogP contribution >= 0.6 is 0 Å². The molecule has 17 heavy (non-hydrogen) atoms. The zero-order valence-corrected chi connectivity index (χ0v) is 10.8. The van der Waals surface area contributed by atoms with Crippen molar-refractivity contribution in [1.29, 1.82) is 0 Å². The van der Waals surface area contributed by atoms with Crippen molar-refractivity contribution in [2.75, 3.05) is 19.8 Å². The average Bonchev–Trinajstić information content (AvgIpc) is 2.36. The summed E-state index contributed by atoms with van der Waals surface area (Å²) in [5, 5.41) is 12.4. The molecule has 0 aliphatic carbocycles. The van der Waals surface area contributed by atoms with Gasteiger partial charge in [0.05, 0.1) is 0 Å². The number of benzene rings is 1. The number of aliphatic hydroxyl groups excluding tert-OH is 1. The molecule has 0 spiro atoms. The van der Waals surface area contributed by atoms with Crippen LogP contribution in [0.5, 0.6) is 5.75 Å². The molecule has 0 amide bonds. The molecule has 1 atom stereocenters. The van der Waals surface area contributed by atoms with E-state index in [0.717, 1.165) is 25.1 Å². The second kappa shape index (κ2) is 7.30. The van der Waals surface area contributed by atoms with E-state index in [-0.39, 0.29) is 12.1 Å². The van der Waals surface area contributed by atoms with Crippen molar-refractivity contribution in [1.82, 2.24) is 5.32 Å². The molecule has 1 aromatic rings. The molecule has 96 valence electrons. The van der Waals surface area contributed by atoms with Gasteiger partial charge in [-0.25, -0.2) is 0 Å². The van der Waals surface area contributed by atoms with E-state index < -0.39 is 0 Å². The fourth-order valence-corrected chi connectivity index (χ4v) is 1.68. The first-order valence-electron chi connectivity index (χ1n) is 6.24. The Bertz CT molecular complexity index is 302. The first-order chi connectivity index (χ1) is 8.20. The van der Waals surface area contributed by atoms with Gasteiger partial charge in [-0.2, -0.15) is 0 Å². The van der Waals surface area contributed by atoms with Crippen molar-refractivity contribution in [3.63, 3.8) is 0 Å². The summed E-state index contributed by atoms with van der Waals surface area (Å²) in [7, 11) is 0. The molecule has 1 aromatic carbocycles. The summed E-state index contributed by atoms with van der Waals surface area (Å²) in [6.45, 7) is 5.91. The molecule has 0 radical (unpaired) electrons. The summed E-state index contributed by atoms with van der Waals surface area (Å²) in [6.07, 6.45) is 1.77. The molecule has 0 saturated heterocycles. The lowest BCUT2D eigenvalue weighted by Gasteiger charge is -2.29. The Labute approximate surface area is 104 Å².